The molecular weight excluding hydrogens is 300 g/mol. The second-order valence-electron chi connectivity index (χ2n) is 6.36. The predicted molar refractivity (Wildman–Crippen MR) is 94.0 cm³/mol. The molecule has 4 heteroatoms. The van der Waals surface area contributed by atoms with E-state index in [1.807, 2.05) is 12.1 Å². The lowest BCUT2D eigenvalue weighted by Crippen LogP contribution is -2.45. The van der Waals surface area contributed by atoms with Crippen molar-refractivity contribution >= 4 is 16.9 Å². The Balaban J connectivity index is 1.88. The monoisotopic (exact) mass is 320 g/mol. The molecule has 24 heavy (non-hydrogen) atoms. The SMILES string of the molecule is COC(=O)C1Cc2c([nH]c3ccccc23)C(c2cccc(C)c2)N1. The molecule has 0 radical (unpaired) electrons. The highest BCUT2D eigenvalue weighted by atomic mass is 16.5. The molecule has 2 aromatic carbocycles. The van der Waals surface area contributed by atoms with Crippen molar-refractivity contribution in [3.8, 4) is 0 Å². The lowest BCUT2D eigenvalue weighted by molar-refractivity contribution is -0.143. The van der Waals surface area contributed by atoms with Gasteiger partial charge in [-0.3, -0.25) is 10.1 Å². The van der Waals surface area contributed by atoms with Gasteiger partial charge in [0.25, 0.3) is 0 Å². The smallest absolute Gasteiger partial charge is 0.323 e. The van der Waals surface area contributed by atoms with Gasteiger partial charge in [-0.1, -0.05) is 48.0 Å². The third-order valence-corrected chi connectivity index (χ3v) is 4.77. The minimum atomic E-state index is -0.341. The van der Waals surface area contributed by atoms with Crippen molar-refractivity contribution in [3.05, 3.63) is 70.9 Å². The Morgan fingerprint density at radius 3 is 2.79 bits per heavy atom. The first-order chi connectivity index (χ1) is 11.7. The zero-order valence-corrected chi connectivity index (χ0v) is 13.8. The zero-order chi connectivity index (χ0) is 16.7. The molecule has 4 nitrogen and oxygen atoms in total. The largest absolute Gasteiger partial charge is 0.468 e. The number of rotatable bonds is 2. The summed E-state index contributed by atoms with van der Waals surface area (Å²) in [5.41, 5.74) is 5.80. The number of aromatic amines is 1. The summed E-state index contributed by atoms with van der Waals surface area (Å²) in [7, 11) is 1.44. The Hall–Kier alpha value is -2.59. The number of H-pyrrole nitrogens is 1. The van der Waals surface area contributed by atoms with Crippen LogP contribution in [-0.2, 0) is 16.0 Å². The number of fused-ring (bicyclic) bond motifs is 3. The van der Waals surface area contributed by atoms with Crippen LogP contribution in [0.15, 0.2) is 48.5 Å². The van der Waals surface area contributed by atoms with Crippen LogP contribution < -0.4 is 5.32 Å². The molecule has 122 valence electrons. The van der Waals surface area contributed by atoms with Gasteiger partial charge in [-0.2, -0.15) is 0 Å². The highest BCUT2D eigenvalue weighted by Crippen LogP contribution is 2.35. The molecule has 2 unspecified atom stereocenters. The topological polar surface area (TPSA) is 54.1 Å². The van der Waals surface area contributed by atoms with Gasteiger partial charge in [0.05, 0.1) is 13.2 Å². The minimum absolute atomic E-state index is 0.0508. The molecule has 1 aliphatic heterocycles. The fourth-order valence-corrected chi connectivity index (χ4v) is 3.64. The van der Waals surface area contributed by atoms with E-state index in [4.69, 9.17) is 4.74 Å². The van der Waals surface area contributed by atoms with Gasteiger partial charge < -0.3 is 9.72 Å². The molecular formula is C20H20N2O2. The number of carbonyl (C=O) groups is 1. The minimum Gasteiger partial charge on any atom is -0.468 e. The Labute approximate surface area is 140 Å². The Morgan fingerprint density at radius 2 is 2.00 bits per heavy atom. The Bertz CT molecular complexity index is 913. The summed E-state index contributed by atoms with van der Waals surface area (Å²) < 4.78 is 4.99. The third-order valence-electron chi connectivity index (χ3n) is 4.77. The summed E-state index contributed by atoms with van der Waals surface area (Å²) in [6, 6.07) is 16.2. The van der Waals surface area contributed by atoms with E-state index in [0.717, 1.165) is 16.8 Å². The van der Waals surface area contributed by atoms with Gasteiger partial charge in [0.15, 0.2) is 0 Å². The van der Waals surface area contributed by atoms with E-state index in [1.54, 1.807) is 0 Å². The summed E-state index contributed by atoms with van der Waals surface area (Å²) in [4.78, 5) is 15.7. The molecule has 1 aliphatic rings. The first-order valence-electron chi connectivity index (χ1n) is 8.17. The number of hydrogen-bond donors (Lipinski definition) is 2. The molecule has 0 bridgehead atoms. The van der Waals surface area contributed by atoms with Gasteiger partial charge in [-0.05, 0) is 24.1 Å². The summed E-state index contributed by atoms with van der Waals surface area (Å²) in [5.74, 6) is -0.219. The fourth-order valence-electron chi connectivity index (χ4n) is 3.64. The molecule has 2 N–H and O–H groups in total. The second kappa shape index (κ2) is 5.80. The molecule has 3 aromatic rings. The van der Waals surface area contributed by atoms with Crippen LogP contribution in [0, 0.1) is 6.92 Å². The molecule has 0 saturated carbocycles. The van der Waals surface area contributed by atoms with Crippen LogP contribution in [-0.4, -0.2) is 24.1 Å². The van der Waals surface area contributed by atoms with Crippen molar-refractivity contribution in [2.75, 3.05) is 7.11 Å². The lowest BCUT2D eigenvalue weighted by Gasteiger charge is -2.30. The number of aryl methyl sites for hydroxylation is 1. The maximum atomic E-state index is 12.2. The fraction of sp³-hybridized carbons (Fsp3) is 0.250. The first kappa shape index (κ1) is 15.0. The molecule has 0 aliphatic carbocycles. The van der Waals surface area contributed by atoms with Crippen LogP contribution in [0.3, 0.4) is 0 Å². The number of nitrogens with one attached hydrogen (secondary N) is 2. The summed E-state index contributed by atoms with van der Waals surface area (Å²) in [6.45, 7) is 2.08. The molecule has 0 spiro atoms. The van der Waals surface area contributed by atoms with E-state index < -0.39 is 0 Å². The van der Waals surface area contributed by atoms with Crippen molar-refractivity contribution < 1.29 is 9.53 Å². The van der Waals surface area contributed by atoms with Crippen molar-refractivity contribution in [1.29, 1.82) is 0 Å². The van der Waals surface area contributed by atoms with Crippen LogP contribution >= 0.6 is 0 Å². The average molecular weight is 320 g/mol. The molecule has 2 heterocycles. The van der Waals surface area contributed by atoms with Crippen LogP contribution in [0.4, 0.5) is 0 Å². The summed E-state index contributed by atoms with van der Waals surface area (Å²) in [5, 5.41) is 4.64. The molecule has 4 rings (SSSR count). The predicted octanol–water partition coefficient (Wildman–Crippen LogP) is 3.25. The highest BCUT2D eigenvalue weighted by molar-refractivity contribution is 5.87. The average Bonchev–Trinajstić information content (AvgIpc) is 2.99. The van der Waals surface area contributed by atoms with Crippen LogP contribution in [0.5, 0.6) is 0 Å². The molecule has 0 saturated heterocycles. The highest BCUT2D eigenvalue weighted by Gasteiger charge is 2.34. The van der Waals surface area contributed by atoms with Crippen LogP contribution in [0.1, 0.15) is 28.4 Å². The van der Waals surface area contributed by atoms with E-state index in [9.17, 15) is 4.79 Å². The number of carbonyl (C=O) groups excluding carboxylic acids is 1. The van der Waals surface area contributed by atoms with Crippen molar-refractivity contribution in [2.45, 2.75) is 25.4 Å². The van der Waals surface area contributed by atoms with Gasteiger partial charge >= 0.3 is 5.97 Å². The number of benzene rings is 2. The van der Waals surface area contributed by atoms with E-state index in [-0.39, 0.29) is 18.1 Å². The van der Waals surface area contributed by atoms with Gasteiger partial charge in [0, 0.05) is 23.0 Å². The third kappa shape index (κ3) is 2.39. The second-order valence-corrected chi connectivity index (χ2v) is 6.36. The number of para-hydroxylation sites is 1. The first-order valence-corrected chi connectivity index (χ1v) is 8.17. The van der Waals surface area contributed by atoms with Crippen LogP contribution in [0.25, 0.3) is 10.9 Å². The van der Waals surface area contributed by atoms with E-state index in [0.29, 0.717) is 6.42 Å². The van der Waals surface area contributed by atoms with Crippen LogP contribution in [0.2, 0.25) is 0 Å². The summed E-state index contributed by atoms with van der Waals surface area (Å²) in [6.07, 6.45) is 0.633. The standard InChI is InChI=1S/C20H20N2O2/c1-12-6-5-7-13(10-12)18-19-15(11-17(22-18)20(23)24-2)14-8-3-4-9-16(14)21-19/h3-10,17-18,21-22H,11H2,1-2H3. The van der Waals surface area contributed by atoms with E-state index in [2.05, 4.69) is 53.6 Å². The Kier molecular flexibility index (Phi) is 3.62. The number of hydrogen-bond acceptors (Lipinski definition) is 3. The maximum absolute atomic E-state index is 12.2. The van der Waals surface area contributed by atoms with Gasteiger partial charge in [-0.25, -0.2) is 0 Å². The van der Waals surface area contributed by atoms with Crippen molar-refractivity contribution in [2.24, 2.45) is 0 Å². The lowest BCUT2D eigenvalue weighted by atomic mass is 9.90. The number of ether oxygens (including phenoxy) is 1. The molecule has 1 aromatic heterocycles. The molecule has 0 fully saturated rings. The van der Waals surface area contributed by atoms with Gasteiger partial charge in [0.1, 0.15) is 6.04 Å². The molecule has 2 atom stereocenters. The maximum Gasteiger partial charge on any atom is 0.323 e. The quantitative estimate of drug-likeness (QED) is 0.713. The zero-order valence-electron chi connectivity index (χ0n) is 13.8. The van der Waals surface area contributed by atoms with Crippen molar-refractivity contribution in [3.63, 3.8) is 0 Å². The normalized spacial score (nSPS) is 19.9. The number of aromatic nitrogens is 1. The number of esters is 1. The summed E-state index contributed by atoms with van der Waals surface area (Å²) >= 11 is 0. The Morgan fingerprint density at radius 1 is 1.17 bits per heavy atom. The van der Waals surface area contributed by atoms with Gasteiger partial charge in [0.2, 0.25) is 0 Å². The van der Waals surface area contributed by atoms with Gasteiger partial charge in [-0.15, -0.1) is 0 Å². The molecule has 0 amide bonds. The van der Waals surface area contributed by atoms with Crippen molar-refractivity contribution in [1.82, 2.24) is 10.3 Å². The van der Waals surface area contributed by atoms with E-state index in [1.165, 1.54) is 23.6 Å². The van der Waals surface area contributed by atoms with E-state index >= 15 is 0 Å². The number of methoxy groups -OCH3 is 1.